The topological polar surface area (TPSA) is 76.4 Å². The van der Waals surface area contributed by atoms with Crippen LogP contribution in [0.3, 0.4) is 0 Å². The molecule has 0 aromatic heterocycles. The van der Waals surface area contributed by atoms with Crippen LogP contribution in [0.4, 0.5) is 18.9 Å². The highest BCUT2D eigenvalue weighted by atomic mass is 19.4. The summed E-state index contributed by atoms with van der Waals surface area (Å²) in [6.07, 6.45) is -4.61. The molecule has 1 amide bonds. The first-order chi connectivity index (χ1) is 9.62. The third kappa shape index (κ3) is 4.33. The van der Waals surface area contributed by atoms with Gasteiger partial charge in [-0.15, -0.1) is 0 Å². The molecule has 0 aliphatic heterocycles. The molecule has 0 saturated carbocycles. The van der Waals surface area contributed by atoms with Crippen molar-refractivity contribution in [3.63, 3.8) is 0 Å². The van der Waals surface area contributed by atoms with Gasteiger partial charge in [-0.05, 0) is 26.0 Å². The molecule has 0 fully saturated rings. The van der Waals surface area contributed by atoms with Crippen LogP contribution in [0, 0.1) is 0 Å². The molecule has 0 aliphatic rings. The molecular weight excluding hydrogens is 287 g/mol. The van der Waals surface area contributed by atoms with E-state index in [2.05, 4.69) is 5.32 Å². The maximum Gasteiger partial charge on any atom is 0.418 e. The van der Waals surface area contributed by atoms with Crippen LogP contribution in [-0.2, 0) is 10.9 Å². The lowest BCUT2D eigenvalue weighted by Gasteiger charge is -2.26. The Morgan fingerprint density at radius 1 is 1.33 bits per heavy atom. The van der Waals surface area contributed by atoms with Crippen molar-refractivity contribution in [1.82, 2.24) is 5.32 Å². The molecule has 21 heavy (non-hydrogen) atoms. The Kier molecular flexibility index (Phi) is 5.19. The number of carbonyl (C=O) groups excluding carboxylic acids is 1. The van der Waals surface area contributed by atoms with E-state index >= 15 is 0 Å². The Morgan fingerprint density at radius 3 is 2.43 bits per heavy atom. The summed E-state index contributed by atoms with van der Waals surface area (Å²) in [5, 5.41) is 2.60. The summed E-state index contributed by atoms with van der Waals surface area (Å²) in [7, 11) is 1.46. The fraction of sp³-hybridized carbons (Fsp3) is 0.462. The van der Waals surface area contributed by atoms with Crippen LogP contribution in [-0.4, -0.2) is 25.2 Å². The van der Waals surface area contributed by atoms with Gasteiger partial charge in [0.25, 0.3) is 5.91 Å². The SMILES string of the molecule is COCC(C)(C)NC(=O)c1cccc(C(F)(F)F)c1NN. The lowest BCUT2D eigenvalue weighted by molar-refractivity contribution is -0.137. The number of nitrogens with one attached hydrogen (secondary N) is 2. The van der Waals surface area contributed by atoms with Gasteiger partial charge in [-0.1, -0.05) is 6.07 Å². The molecule has 118 valence electrons. The van der Waals surface area contributed by atoms with Crippen LogP contribution in [0.15, 0.2) is 18.2 Å². The van der Waals surface area contributed by atoms with Gasteiger partial charge in [-0.3, -0.25) is 10.6 Å². The van der Waals surface area contributed by atoms with Crippen molar-refractivity contribution < 1.29 is 22.7 Å². The molecule has 0 bridgehead atoms. The van der Waals surface area contributed by atoms with E-state index in [9.17, 15) is 18.0 Å². The average Bonchev–Trinajstić information content (AvgIpc) is 2.35. The van der Waals surface area contributed by atoms with E-state index < -0.39 is 28.9 Å². The first kappa shape index (κ1) is 17.3. The zero-order valence-electron chi connectivity index (χ0n) is 12.0. The fourth-order valence-electron chi connectivity index (χ4n) is 1.90. The molecule has 0 heterocycles. The van der Waals surface area contributed by atoms with Crippen molar-refractivity contribution in [2.45, 2.75) is 25.6 Å². The predicted octanol–water partition coefficient (Wildman–Crippen LogP) is 2.15. The number of hydrogen-bond acceptors (Lipinski definition) is 4. The molecule has 0 atom stereocenters. The lowest BCUT2D eigenvalue weighted by Crippen LogP contribution is -2.47. The number of ether oxygens (including phenoxy) is 1. The number of benzene rings is 1. The monoisotopic (exact) mass is 305 g/mol. The Morgan fingerprint density at radius 2 is 1.95 bits per heavy atom. The number of rotatable bonds is 5. The molecule has 1 aromatic rings. The summed E-state index contributed by atoms with van der Waals surface area (Å²) in [6, 6.07) is 3.27. The number of nitrogen functional groups attached to an aromatic ring is 1. The smallest absolute Gasteiger partial charge is 0.382 e. The van der Waals surface area contributed by atoms with Gasteiger partial charge in [0, 0.05) is 7.11 Å². The van der Waals surface area contributed by atoms with Crippen LogP contribution in [0.5, 0.6) is 0 Å². The molecule has 0 radical (unpaired) electrons. The summed E-state index contributed by atoms with van der Waals surface area (Å²) < 4.78 is 43.6. The van der Waals surface area contributed by atoms with Crippen LogP contribution >= 0.6 is 0 Å². The molecule has 0 aliphatic carbocycles. The normalized spacial score (nSPS) is 12.1. The molecule has 0 unspecified atom stereocenters. The zero-order chi connectivity index (χ0) is 16.3. The predicted molar refractivity (Wildman–Crippen MR) is 72.7 cm³/mol. The van der Waals surface area contributed by atoms with Crippen LogP contribution < -0.4 is 16.6 Å². The minimum atomic E-state index is -4.61. The van der Waals surface area contributed by atoms with Gasteiger partial charge in [0.15, 0.2) is 0 Å². The molecule has 1 rings (SSSR count). The highest BCUT2D eigenvalue weighted by molar-refractivity contribution is 6.00. The van der Waals surface area contributed by atoms with Gasteiger partial charge in [-0.2, -0.15) is 13.2 Å². The number of halogens is 3. The van der Waals surface area contributed by atoms with E-state index in [1.54, 1.807) is 13.8 Å². The number of methoxy groups -OCH3 is 1. The average molecular weight is 305 g/mol. The standard InChI is InChI=1S/C13H18F3N3O2/c1-12(2,7-21-3)18-11(20)8-5-4-6-9(10(8)19-17)13(14,15)16/h4-6,19H,7,17H2,1-3H3,(H,18,20). The van der Waals surface area contributed by atoms with Gasteiger partial charge in [0.1, 0.15) is 0 Å². The van der Waals surface area contributed by atoms with Crippen molar-refractivity contribution >= 4 is 11.6 Å². The fourth-order valence-corrected chi connectivity index (χ4v) is 1.90. The first-order valence-electron chi connectivity index (χ1n) is 6.10. The maximum atomic E-state index is 12.9. The van der Waals surface area contributed by atoms with Crippen molar-refractivity contribution in [3.8, 4) is 0 Å². The second kappa shape index (κ2) is 6.31. The quantitative estimate of drug-likeness (QED) is 0.575. The van der Waals surface area contributed by atoms with E-state index in [4.69, 9.17) is 10.6 Å². The molecule has 0 saturated heterocycles. The third-order valence-electron chi connectivity index (χ3n) is 2.72. The van der Waals surface area contributed by atoms with Crippen LogP contribution in [0.2, 0.25) is 0 Å². The van der Waals surface area contributed by atoms with Crippen molar-refractivity contribution in [1.29, 1.82) is 0 Å². The largest absolute Gasteiger partial charge is 0.418 e. The Bertz CT molecular complexity index is 516. The van der Waals surface area contributed by atoms with Crippen molar-refractivity contribution in [2.24, 2.45) is 5.84 Å². The van der Waals surface area contributed by atoms with Crippen LogP contribution in [0.25, 0.3) is 0 Å². The molecular formula is C13H18F3N3O2. The van der Waals surface area contributed by atoms with Gasteiger partial charge >= 0.3 is 6.18 Å². The highest BCUT2D eigenvalue weighted by Gasteiger charge is 2.35. The molecule has 8 heteroatoms. The Balaban J connectivity index is 3.16. The minimum absolute atomic E-state index is 0.184. The Hall–Kier alpha value is -1.80. The molecule has 5 nitrogen and oxygen atoms in total. The van der Waals surface area contributed by atoms with Crippen LogP contribution in [0.1, 0.15) is 29.8 Å². The van der Waals surface area contributed by atoms with E-state index in [-0.39, 0.29) is 12.2 Å². The number of para-hydroxylation sites is 1. The second-order valence-corrected chi connectivity index (χ2v) is 5.14. The molecule has 0 spiro atoms. The van der Waals surface area contributed by atoms with E-state index in [0.717, 1.165) is 12.1 Å². The number of amides is 1. The highest BCUT2D eigenvalue weighted by Crippen LogP contribution is 2.36. The second-order valence-electron chi connectivity index (χ2n) is 5.14. The third-order valence-corrected chi connectivity index (χ3v) is 2.72. The minimum Gasteiger partial charge on any atom is -0.382 e. The lowest BCUT2D eigenvalue weighted by atomic mass is 10.0. The zero-order valence-corrected chi connectivity index (χ0v) is 12.0. The summed E-state index contributed by atoms with van der Waals surface area (Å²) in [5.74, 6) is 4.48. The summed E-state index contributed by atoms with van der Waals surface area (Å²) in [4.78, 5) is 12.2. The van der Waals surface area contributed by atoms with Crippen molar-refractivity contribution in [3.05, 3.63) is 29.3 Å². The van der Waals surface area contributed by atoms with Crippen molar-refractivity contribution in [2.75, 3.05) is 19.1 Å². The van der Waals surface area contributed by atoms with Gasteiger partial charge < -0.3 is 15.5 Å². The number of hydrogen-bond donors (Lipinski definition) is 3. The number of hydrazine groups is 1. The number of nitrogens with two attached hydrogens (primary N) is 1. The first-order valence-corrected chi connectivity index (χ1v) is 6.10. The molecule has 4 N–H and O–H groups in total. The number of carbonyl (C=O) groups is 1. The molecule has 1 aromatic carbocycles. The van der Waals surface area contributed by atoms with E-state index in [1.807, 2.05) is 5.43 Å². The Labute approximate surface area is 120 Å². The number of alkyl halides is 3. The summed E-state index contributed by atoms with van der Waals surface area (Å²) in [5.41, 5.74) is -0.417. The van der Waals surface area contributed by atoms with Gasteiger partial charge in [-0.25, -0.2) is 0 Å². The maximum absolute atomic E-state index is 12.9. The summed E-state index contributed by atoms with van der Waals surface area (Å²) >= 11 is 0. The van der Waals surface area contributed by atoms with E-state index in [0.29, 0.717) is 0 Å². The van der Waals surface area contributed by atoms with Gasteiger partial charge in [0.2, 0.25) is 0 Å². The van der Waals surface area contributed by atoms with Gasteiger partial charge in [0.05, 0.1) is 29.0 Å². The van der Waals surface area contributed by atoms with E-state index in [1.165, 1.54) is 13.2 Å². The number of anilines is 1. The summed E-state index contributed by atoms with van der Waals surface area (Å²) in [6.45, 7) is 3.60.